The predicted octanol–water partition coefficient (Wildman–Crippen LogP) is 1.30. The van der Waals surface area contributed by atoms with Crippen LogP contribution in [-0.4, -0.2) is 24.5 Å². The topological polar surface area (TPSA) is 55.4 Å². The van der Waals surface area contributed by atoms with Gasteiger partial charge in [0.1, 0.15) is 6.04 Å². The van der Waals surface area contributed by atoms with Crippen molar-refractivity contribution in [2.24, 2.45) is 5.92 Å². The number of ether oxygens (including phenoxy) is 1. The molecule has 1 fully saturated rings. The summed E-state index contributed by atoms with van der Waals surface area (Å²) in [4.78, 5) is 23.3. The maximum Gasteiger partial charge on any atom is 0.328 e. The van der Waals surface area contributed by atoms with Crippen LogP contribution in [0.1, 0.15) is 18.9 Å². The zero-order valence-corrected chi connectivity index (χ0v) is 10.4. The first-order valence-electron chi connectivity index (χ1n) is 6.21. The van der Waals surface area contributed by atoms with E-state index in [-0.39, 0.29) is 17.8 Å². The van der Waals surface area contributed by atoms with Gasteiger partial charge in [0.2, 0.25) is 5.91 Å². The van der Waals surface area contributed by atoms with Crippen LogP contribution in [0.4, 0.5) is 0 Å². The molecule has 1 aromatic rings. The molecule has 1 saturated heterocycles. The molecule has 2 atom stereocenters. The van der Waals surface area contributed by atoms with Crippen LogP contribution < -0.4 is 5.32 Å². The van der Waals surface area contributed by atoms with Crippen LogP contribution in [0.25, 0.3) is 0 Å². The fourth-order valence-electron chi connectivity index (χ4n) is 2.21. The molecule has 1 aliphatic rings. The molecule has 1 aliphatic heterocycles. The summed E-state index contributed by atoms with van der Waals surface area (Å²) in [6.07, 6.45) is 1.19. The van der Waals surface area contributed by atoms with Gasteiger partial charge in [-0.1, -0.05) is 30.3 Å². The summed E-state index contributed by atoms with van der Waals surface area (Å²) in [6, 6.07) is 9.34. The van der Waals surface area contributed by atoms with E-state index in [1.807, 2.05) is 30.3 Å². The zero-order chi connectivity index (χ0) is 13.0. The summed E-state index contributed by atoms with van der Waals surface area (Å²) in [6.45, 7) is 2.10. The van der Waals surface area contributed by atoms with E-state index >= 15 is 0 Å². The van der Waals surface area contributed by atoms with Crippen LogP contribution in [0.3, 0.4) is 0 Å². The third kappa shape index (κ3) is 2.88. The molecule has 0 aromatic heterocycles. The van der Waals surface area contributed by atoms with E-state index in [0.29, 0.717) is 19.4 Å². The van der Waals surface area contributed by atoms with Gasteiger partial charge in [-0.3, -0.25) is 4.79 Å². The third-order valence-corrected chi connectivity index (χ3v) is 3.10. The van der Waals surface area contributed by atoms with E-state index in [9.17, 15) is 9.59 Å². The summed E-state index contributed by atoms with van der Waals surface area (Å²) in [5.41, 5.74) is 1.11. The number of amides is 1. The van der Waals surface area contributed by atoms with Crippen molar-refractivity contribution in [2.75, 3.05) is 6.61 Å². The Bertz CT molecular complexity index is 430. The van der Waals surface area contributed by atoms with Gasteiger partial charge in [-0.05, 0) is 25.3 Å². The van der Waals surface area contributed by atoms with Gasteiger partial charge in [0, 0.05) is 5.92 Å². The molecule has 1 N–H and O–H groups in total. The standard InChI is InChI=1S/C14H17NO3/c1-2-18-14(17)12-9-11(13(16)15-12)8-10-6-4-3-5-7-10/h3-7,11-12H,2,8-9H2,1H3,(H,15,16)/t11?,12-/m0/s1. The van der Waals surface area contributed by atoms with Gasteiger partial charge in [0.15, 0.2) is 0 Å². The van der Waals surface area contributed by atoms with Crippen LogP contribution >= 0.6 is 0 Å². The lowest BCUT2D eigenvalue weighted by Gasteiger charge is -2.08. The van der Waals surface area contributed by atoms with E-state index in [2.05, 4.69) is 5.32 Å². The maximum absolute atomic E-state index is 11.8. The van der Waals surface area contributed by atoms with Crippen molar-refractivity contribution < 1.29 is 14.3 Å². The predicted molar refractivity (Wildman–Crippen MR) is 66.8 cm³/mol. The highest BCUT2D eigenvalue weighted by atomic mass is 16.5. The molecule has 1 unspecified atom stereocenters. The Labute approximate surface area is 106 Å². The molecule has 2 rings (SSSR count). The highest BCUT2D eigenvalue weighted by Gasteiger charge is 2.36. The van der Waals surface area contributed by atoms with Crippen molar-refractivity contribution in [1.82, 2.24) is 5.32 Å². The number of carbonyl (C=O) groups excluding carboxylic acids is 2. The molecule has 4 nitrogen and oxygen atoms in total. The maximum atomic E-state index is 11.8. The summed E-state index contributed by atoms with van der Waals surface area (Å²) in [7, 11) is 0. The lowest BCUT2D eigenvalue weighted by atomic mass is 9.96. The molecule has 0 saturated carbocycles. The van der Waals surface area contributed by atoms with Crippen LogP contribution in [0.5, 0.6) is 0 Å². The van der Waals surface area contributed by atoms with Gasteiger partial charge in [-0.15, -0.1) is 0 Å². The quantitative estimate of drug-likeness (QED) is 0.816. The minimum Gasteiger partial charge on any atom is -0.464 e. The fraction of sp³-hybridized carbons (Fsp3) is 0.429. The molecular weight excluding hydrogens is 230 g/mol. The Morgan fingerprint density at radius 1 is 1.39 bits per heavy atom. The minimum absolute atomic E-state index is 0.0584. The number of hydrogen-bond donors (Lipinski definition) is 1. The average molecular weight is 247 g/mol. The lowest BCUT2D eigenvalue weighted by molar-refractivity contribution is -0.145. The first kappa shape index (κ1) is 12.6. The van der Waals surface area contributed by atoms with E-state index < -0.39 is 6.04 Å². The van der Waals surface area contributed by atoms with Gasteiger partial charge >= 0.3 is 5.97 Å². The SMILES string of the molecule is CCOC(=O)[C@@H]1CC(Cc2ccccc2)C(=O)N1. The second-order valence-corrected chi connectivity index (χ2v) is 4.44. The molecule has 96 valence electrons. The highest BCUT2D eigenvalue weighted by Crippen LogP contribution is 2.21. The molecule has 0 aliphatic carbocycles. The molecule has 4 heteroatoms. The van der Waals surface area contributed by atoms with Crippen molar-refractivity contribution >= 4 is 11.9 Å². The van der Waals surface area contributed by atoms with E-state index in [0.717, 1.165) is 5.56 Å². The van der Waals surface area contributed by atoms with Crippen LogP contribution in [0.15, 0.2) is 30.3 Å². The summed E-state index contributed by atoms with van der Waals surface area (Å²) in [5.74, 6) is -0.528. The Hall–Kier alpha value is -1.84. The van der Waals surface area contributed by atoms with Gasteiger partial charge in [-0.25, -0.2) is 4.79 Å². The van der Waals surface area contributed by atoms with Crippen molar-refractivity contribution in [3.8, 4) is 0 Å². The molecule has 0 radical (unpaired) electrons. The average Bonchev–Trinajstić information content (AvgIpc) is 2.73. The van der Waals surface area contributed by atoms with Gasteiger partial charge in [-0.2, -0.15) is 0 Å². The highest BCUT2D eigenvalue weighted by molar-refractivity contribution is 5.89. The monoisotopic (exact) mass is 247 g/mol. The number of esters is 1. The molecule has 1 amide bonds. The number of rotatable bonds is 4. The number of nitrogens with one attached hydrogen (secondary N) is 1. The first-order valence-corrected chi connectivity index (χ1v) is 6.21. The minimum atomic E-state index is -0.480. The largest absolute Gasteiger partial charge is 0.464 e. The third-order valence-electron chi connectivity index (χ3n) is 3.10. The van der Waals surface area contributed by atoms with Crippen molar-refractivity contribution in [1.29, 1.82) is 0 Å². The van der Waals surface area contributed by atoms with Crippen molar-refractivity contribution in [3.63, 3.8) is 0 Å². The fourth-order valence-corrected chi connectivity index (χ4v) is 2.21. The van der Waals surface area contributed by atoms with E-state index in [1.54, 1.807) is 6.92 Å². The van der Waals surface area contributed by atoms with Crippen LogP contribution in [0.2, 0.25) is 0 Å². The van der Waals surface area contributed by atoms with Gasteiger partial charge in [0.05, 0.1) is 6.61 Å². The summed E-state index contributed by atoms with van der Waals surface area (Å²) < 4.78 is 4.92. The van der Waals surface area contributed by atoms with Crippen LogP contribution in [-0.2, 0) is 20.7 Å². The Morgan fingerprint density at radius 3 is 2.78 bits per heavy atom. The second-order valence-electron chi connectivity index (χ2n) is 4.44. The normalized spacial score (nSPS) is 22.6. The van der Waals surface area contributed by atoms with Gasteiger partial charge < -0.3 is 10.1 Å². The number of carbonyl (C=O) groups is 2. The van der Waals surface area contributed by atoms with Crippen molar-refractivity contribution in [2.45, 2.75) is 25.8 Å². The number of hydrogen-bond acceptors (Lipinski definition) is 3. The van der Waals surface area contributed by atoms with E-state index in [4.69, 9.17) is 4.74 Å². The Balaban J connectivity index is 1.95. The lowest BCUT2D eigenvalue weighted by Crippen LogP contribution is -2.34. The molecule has 18 heavy (non-hydrogen) atoms. The zero-order valence-electron chi connectivity index (χ0n) is 10.4. The van der Waals surface area contributed by atoms with Crippen molar-refractivity contribution in [3.05, 3.63) is 35.9 Å². The molecule has 1 heterocycles. The number of benzene rings is 1. The second kappa shape index (κ2) is 5.67. The summed E-state index contributed by atoms with van der Waals surface area (Å²) >= 11 is 0. The van der Waals surface area contributed by atoms with Gasteiger partial charge in [0.25, 0.3) is 0 Å². The summed E-state index contributed by atoms with van der Waals surface area (Å²) in [5, 5.41) is 2.70. The van der Waals surface area contributed by atoms with Crippen LogP contribution in [0, 0.1) is 5.92 Å². The Morgan fingerprint density at radius 2 is 2.11 bits per heavy atom. The molecule has 0 spiro atoms. The van der Waals surface area contributed by atoms with E-state index in [1.165, 1.54) is 0 Å². The first-order chi connectivity index (χ1) is 8.70. The Kier molecular flexibility index (Phi) is 3.97. The molecule has 1 aromatic carbocycles. The molecule has 0 bridgehead atoms. The molecular formula is C14H17NO3. The smallest absolute Gasteiger partial charge is 0.328 e.